The van der Waals surface area contributed by atoms with Crippen molar-refractivity contribution in [2.45, 2.75) is 13.0 Å². The van der Waals surface area contributed by atoms with Gasteiger partial charge >= 0.3 is 5.97 Å². The van der Waals surface area contributed by atoms with Gasteiger partial charge in [-0.3, -0.25) is 4.79 Å². The van der Waals surface area contributed by atoms with Gasteiger partial charge in [-0.1, -0.05) is 36.4 Å². The Balaban J connectivity index is 1.51. The molecular formula is C24H21N3O4. The van der Waals surface area contributed by atoms with Crippen molar-refractivity contribution in [1.82, 2.24) is 9.97 Å². The lowest BCUT2D eigenvalue weighted by atomic mass is 10.1. The van der Waals surface area contributed by atoms with Gasteiger partial charge in [0.25, 0.3) is 5.91 Å². The van der Waals surface area contributed by atoms with Crippen molar-refractivity contribution >= 4 is 28.6 Å². The van der Waals surface area contributed by atoms with Crippen molar-refractivity contribution in [3.05, 3.63) is 78.4 Å². The van der Waals surface area contributed by atoms with Crippen molar-refractivity contribution in [3.63, 3.8) is 0 Å². The molecule has 0 spiro atoms. The molecule has 0 saturated heterocycles. The molecule has 0 aliphatic heterocycles. The number of benzene rings is 3. The molecule has 31 heavy (non-hydrogen) atoms. The molecule has 2 N–H and O–H groups in total. The first-order valence-corrected chi connectivity index (χ1v) is 9.75. The standard InChI is InChI=1S/C24H21N3O4/c1-15(23(28)25-16-8-7-9-17(14-16)30-2)31-24(29)19-11-4-3-10-18(19)22-26-20-12-5-6-13-21(20)27-22/h3-15H,1-2H3,(H,25,28)(H,26,27). The molecule has 4 rings (SSSR count). The highest BCUT2D eigenvalue weighted by Crippen LogP contribution is 2.25. The number of nitrogens with zero attached hydrogens (tertiary/aromatic N) is 1. The summed E-state index contributed by atoms with van der Waals surface area (Å²) in [4.78, 5) is 33.1. The number of esters is 1. The minimum absolute atomic E-state index is 0.322. The van der Waals surface area contributed by atoms with Gasteiger partial charge < -0.3 is 19.8 Å². The van der Waals surface area contributed by atoms with E-state index in [9.17, 15) is 9.59 Å². The predicted octanol–water partition coefficient (Wildman–Crippen LogP) is 4.42. The minimum Gasteiger partial charge on any atom is -0.497 e. The van der Waals surface area contributed by atoms with Gasteiger partial charge in [-0.15, -0.1) is 0 Å². The van der Waals surface area contributed by atoms with E-state index < -0.39 is 18.0 Å². The number of H-pyrrole nitrogens is 1. The van der Waals surface area contributed by atoms with Crippen molar-refractivity contribution in [2.75, 3.05) is 12.4 Å². The molecule has 0 radical (unpaired) electrons. The average molecular weight is 415 g/mol. The zero-order chi connectivity index (χ0) is 21.8. The number of hydrogen-bond acceptors (Lipinski definition) is 5. The van der Waals surface area contributed by atoms with E-state index in [1.54, 1.807) is 49.6 Å². The number of fused-ring (bicyclic) bond motifs is 1. The number of hydrogen-bond donors (Lipinski definition) is 2. The van der Waals surface area contributed by atoms with Crippen molar-refractivity contribution in [1.29, 1.82) is 0 Å². The van der Waals surface area contributed by atoms with E-state index in [-0.39, 0.29) is 0 Å². The third kappa shape index (κ3) is 4.40. The van der Waals surface area contributed by atoms with Crippen molar-refractivity contribution in [2.24, 2.45) is 0 Å². The molecule has 1 aromatic heterocycles. The maximum absolute atomic E-state index is 12.9. The first kappa shape index (κ1) is 20.2. The third-order valence-electron chi connectivity index (χ3n) is 4.78. The molecular weight excluding hydrogens is 394 g/mol. The highest BCUT2D eigenvalue weighted by molar-refractivity contribution is 6.00. The molecule has 1 unspecified atom stereocenters. The van der Waals surface area contributed by atoms with Crippen LogP contribution in [0.1, 0.15) is 17.3 Å². The molecule has 3 aromatic carbocycles. The number of rotatable bonds is 6. The minimum atomic E-state index is -0.998. The normalized spacial score (nSPS) is 11.7. The van der Waals surface area contributed by atoms with E-state index in [1.165, 1.54) is 6.92 Å². The van der Waals surface area contributed by atoms with Gasteiger partial charge in [0, 0.05) is 17.3 Å². The van der Waals surface area contributed by atoms with E-state index in [0.29, 0.717) is 28.4 Å². The van der Waals surface area contributed by atoms with Crippen LogP contribution in [0.4, 0.5) is 5.69 Å². The van der Waals surface area contributed by atoms with E-state index in [1.807, 2.05) is 30.3 Å². The lowest BCUT2D eigenvalue weighted by Gasteiger charge is -2.15. The maximum atomic E-state index is 12.9. The molecule has 0 bridgehead atoms. The van der Waals surface area contributed by atoms with Gasteiger partial charge in [-0.2, -0.15) is 0 Å². The molecule has 0 saturated carbocycles. The quantitative estimate of drug-likeness (QED) is 0.455. The lowest BCUT2D eigenvalue weighted by molar-refractivity contribution is -0.123. The van der Waals surface area contributed by atoms with E-state index in [4.69, 9.17) is 9.47 Å². The highest BCUT2D eigenvalue weighted by atomic mass is 16.5. The molecule has 7 heteroatoms. The number of nitrogens with one attached hydrogen (secondary N) is 2. The van der Waals surface area contributed by atoms with Crippen LogP contribution in [0, 0.1) is 0 Å². The Kier molecular flexibility index (Phi) is 5.66. The Morgan fingerprint density at radius 2 is 1.77 bits per heavy atom. The average Bonchev–Trinajstić information content (AvgIpc) is 3.23. The van der Waals surface area contributed by atoms with Gasteiger partial charge in [0.2, 0.25) is 0 Å². The Bertz CT molecular complexity index is 1220. The number of anilines is 1. The van der Waals surface area contributed by atoms with Gasteiger partial charge in [0.15, 0.2) is 6.10 Å². The van der Waals surface area contributed by atoms with Gasteiger partial charge in [-0.05, 0) is 37.3 Å². The first-order valence-electron chi connectivity index (χ1n) is 9.75. The molecule has 0 fully saturated rings. The number of para-hydroxylation sites is 2. The van der Waals surface area contributed by atoms with Crippen molar-refractivity contribution in [3.8, 4) is 17.1 Å². The number of aromatic nitrogens is 2. The Morgan fingerprint density at radius 3 is 2.58 bits per heavy atom. The maximum Gasteiger partial charge on any atom is 0.339 e. The van der Waals surface area contributed by atoms with Crippen LogP contribution in [0.2, 0.25) is 0 Å². The summed E-state index contributed by atoms with van der Waals surface area (Å²) in [5.41, 5.74) is 3.14. The second-order valence-corrected chi connectivity index (χ2v) is 6.92. The van der Waals surface area contributed by atoms with E-state index in [2.05, 4.69) is 15.3 Å². The summed E-state index contributed by atoms with van der Waals surface area (Å²) in [6, 6.07) is 21.6. The number of amides is 1. The fourth-order valence-electron chi connectivity index (χ4n) is 3.17. The Labute approximate surface area is 179 Å². The zero-order valence-corrected chi connectivity index (χ0v) is 17.1. The first-order chi connectivity index (χ1) is 15.0. The molecule has 1 atom stereocenters. The summed E-state index contributed by atoms with van der Waals surface area (Å²) in [5, 5.41) is 2.72. The summed E-state index contributed by atoms with van der Waals surface area (Å²) in [7, 11) is 1.55. The second-order valence-electron chi connectivity index (χ2n) is 6.92. The summed E-state index contributed by atoms with van der Waals surface area (Å²) >= 11 is 0. The Hall–Kier alpha value is -4.13. The highest BCUT2D eigenvalue weighted by Gasteiger charge is 2.22. The van der Waals surface area contributed by atoms with Crippen LogP contribution in [-0.4, -0.2) is 35.1 Å². The fraction of sp³-hybridized carbons (Fsp3) is 0.125. The van der Waals surface area contributed by atoms with Crippen LogP contribution in [0.25, 0.3) is 22.4 Å². The SMILES string of the molecule is COc1cccc(NC(=O)C(C)OC(=O)c2ccccc2-c2nc3ccccc3[nH]2)c1. The molecule has 1 heterocycles. The van der Waals surface area contributed by atoms with Crippen LogP contribution in [0.15, 0.2) is 72.8 Å². The monoisotopic (exact) mass is 415 g/mol. The summed E-state index contributed by atoms with van der Waals surface area (Å²) < 4.78 is 10.6. The number of ether oxygens (including phenoxy) is 2. The number of carbonyl (C=O) groups excluding carboxylic acids is 2. The van der Waals surface area contributed by atoms with E-state index in [0.717, 1.165) is 11.0 Å². The molecule has 156 valence electrons. The Morgan fingerprint density at radius 1 is 1.00 bits per heavy atom. The second kappa shape index (κ2) is 8.71. The lowest BCUT2D eigenvalue weighted by Crippen LogP contribution is -2.30. The largest absolute Gasteiger partial charge is 0.497 e. The van der Waals surface area contributed by atoms with Crippen molar-refractivity contribution < 1.29 is 19.1 Å². The van der Waals surface area contributed by atoms with Crippen LogP contribution in [0.3, 0.4) is 0 Å². The molecule has 7 nitrogen and oxygen atoms in total. The smallest absolute Gasteiger partial charge is 0.339 e. The number of aromatic amines is 1. The van der Waals surface area contributed by atoms with E-state index >= 15 is 0 Å². The molecule has 0 aliphatic rings. The zero-order valence-electron chi connectivity index (χ0n) is 17.1. The number of methoxy groups -OCH3 is 1. The fourth-order valence-corrected chi connectivity index (χ4v) is 3.17. The summed E-state index contributed by atoms with van der Waals surface area (Å²) in [6.07, 6.45) is -0.998. The van der Waals surface area contributed by atoms with Crippen LogP contribution < -0.4 is 10.1 Å². The topological polar surface area (TPSA) is 93.3 Å². The number of carbonyl (C=O) groups is 2. The van der Waals surface area contributed by atoms with Gasteiger partial charge in [-0.25, -0.2) is 9.78 Å². The molecule has 1 amide bonds. The summed E-state index contributed by atoms with van der Waals surface area (Å²) in [5.74, 6) is 0.122. The molecule has 0 aliphatic carbocycles. The van der Waals surface area contributed by atoms with Crippen LogP contribution in [-0.2, 0) is 9.53 Å². The molecule has 4 aromatic rings. The van der Waals surface area contributed by atoms with Gasteiger partial charge in [0.05, 0.1) is 23.7 Å². The third-order valence-corrected chi connectivity index (χ3v) is 4.78. The van der Waals surface area contributed by atoms with Gasteiger partial charge in [0.1, 0.15) is 11.6 Å². The van der Waals surface area contributed by atoms with Crippen LogP contribution >= 0.6 is 0 Å². The van der Waals surface area contributed by atoms with Crippen LogP contribution in [0.5, 0.6) is 5.75 Å². The predicted molar refractivity (Wildman–Crippen MR) is 118 cm³/mol. The number of imidazole rings is 1. The summed E-state index contributed by atoms with van der Waals surface area (Å²) in [6.45, 7) is 1.53.